The number of thiophene rings is 1. The van der Waals surface area contributed by atoms with Gasteiger partial charge in [0.25, 0.3) is 11.8 Å². The van der Waals surface area contributed by atoms with Crippen LogP contribution in [-0.4, -0.2) is 72.7 Å². The minimum absolute atomic E-state index is 0.0629. The van der Waals surface area contributed by atoms with Crippen LogP contribution in [0.3, 0.4) is 0 Å². The highest BCUT2D eigenvalue weighted by atomic mass is 32.2. The first kappa shape index (κ1) is 19.0. The summed E-state index contributed by atoms with van der Waals surface area (Å²) in [4.78, 5) is 18.7. The number of ether oxygens (including phenoxy) is 1. The third-order valence-electron chi connectivity index (χ3n) is 4.05. The van der Waals surface area contributed by atoms with Gasteiger partial charge in [0.15, 0.2) is 5.82 Å². The van der Waals surface area contributed by atoms with E-state index in [1.54, 1.807) is 11.0 Å². The van der Waals surface area contributed by atoms with Crippen molar-refractivity contribution in [2.75, 3.05) is 33.0 Å². The van der Waals surface area contributed by atoms with Gasteiger partial charge in [-0.05, 0) is 11.4 Å². The Bertz CT molecular complexity index is 843. The van der Waals surface area contributed by atoms with E-state index in [0.717, 1.165) is 0 Å². The van der Waals surface area contributed by atoms with Crippen LogP contribution in [0.5, 0.6) is 0 Å². The maximum absolute atomic E-state index is 12.3. The summed E-state index contributed by atoms with van der Waals surface area (Å²) in [6, 6.07) is 3.35. The monoisotopic (exact) mass is 400 g/mol. The molecular weight excluding hydrogens is 380 g/mol. The van der Waals surface area contributed by atoms with Crippen molar-refractivity contribution in [3.05, 3.63) is 34.1 Å². The number of rotatable bonds is 8. The van der Waals surface area contributed by atoms with E-state index in [0.29, 0.717) is 36.1 Å². The Morgan fingerprint density at radius 1 is 1.50 bits per heavy atom. The highest BCUT2D eigenvalue weighted by Crippen LogP contribution is 2.22. The van der Waals surface area contributed by atoms with Crippen LogP contribution in [0.1, 0.15) is 21.4 Å². The number of methoxy groups -OCH3 is 1. The molecule has 1 saturated heterocycles. The topological polar surface area (TPSA) is 106 Å². The number of aromatic nitrogens is 2. The second-order valence-corrected chi connectivity index (χ2v) is 8.89. The van der Waals surface area contributed by atoms with Crippen LogP contribution in [-0.2, 0) is 27.8 Å². The van der Waals surface area contributed by atoms with Gasteiger partial charge < -0.3 is 14.2 Å². The zero-order valence-corrected chi connectivity index (χ0v) is 16.1. The van der Waals surface area contributed by atoms with Gasteiger partial charge in [-0.3, -0.25) is 4.79 Å². The van der Waals surface area contributed by atoms with Crippen LogP contribution in [0, 0.1) is 0 Å². The van der Waals surface area contributed by atoms with Gasteiger partial charge in [0.05, 0.1) is 17.2 Å². The predicted octanol–water partition coefficient (Wildman–Crippen LogP) is 0.606. The Morgan fingerprint density at radius 2 is 2.27 bits per heavy atom. The molecule has 1 fully saturated rings. The second-order valence-electron chi connectivity index (χ2n) is 6.00. The molecule has 2 aromatic heterocycles. The molecule has 2 aromatic rings. The van der Waals surface area contributed by atoms with Gasteiger partial charge in [-0.15, -0.1) is 11.3 Å². The quantitative estimate of drug-likeness (QED) is 0.639. The summed E-state index contributed by atoms with van der Waals surface area (Å²) in [7, 11) is -1.89. The van der Waals surface area contributed by atoms with Crippen LogP contribution < -0.4 is 0 Å². The van der Waals surface area contributed by atoms with E-state index >= 15 is 0 Å². The van der Waals surface area contributed by atoms with Gasteiger partial charge in [0, 0.05) is 33.2 Å². The summed E-state index contributed by atoms with van der Waals surface area (Å²) in [5, 5.41) is 5.66. The van der Waals surface area contributed by atoms with Crippen molar-refractivity contribution in [3.63, 3.8) is 0 Å². The number of likely N-dealkylation sites (tertiary alicyclic amines) is 1. The fourth-order valence-corrected chi connectivity index (χ4v) is 4.55. The fraction of sp³-hybridized carbons (Fsp3) is 0.533. The summed E-state index contributed by atoms with van der Waals surface area (Å²) < 4.78 is 35.6. The summed E-state index contributed by atoms with van der Waals surface area (Å²) >= 11 is 1.38. The number of hydrogen-bond donors (Lipinski definition) is 0. The van der Waals surface area contributed by atoms with E-state index in [1.165, 1.54) is 29.0 Å². The van der Waals surface area contributed by atoms with Gasteiger partial charge in [0.2, 0.25) is 10.0 Å². The van der Waals surface area contributed by atoms with Gasteiger partial charge in [-0.2, -0.15) is 9.29 Å². The van der Waals surface area contributed by atoms with Crippen LogP contribution in [0.15, 0.2) is 22.0 Å². The molecule has 11 heteroatoms. The van der Waals surface area contributed by atoms with Crippen molar-refractivity contribution >= 4 is 27.3 Å². The largest absolute Gasteiger partial charge is 0.375 e. The molecular formula is C15H20N4O5S2. The summed E-state index contributed by atoms with van der Waals surface area (Å²) in [5.41, 5.74) is 0. The zero-order chi connectivity index (χ0) is 18.7. The highest BCUT2D eigenvalue weighted by molar-refractivity contribution is 7.88. The maximum Gasteiger partial charge on any atom is 0.264 e. The third kappa shape index (κ3) is 4.29. The lowest BCUT2D eigenvalue weighted by atomic mass is 10.1. The normalized spacial score (nSPS) is 15.4. The molecule has 0 atom stereocenters. The van der Waals surface area contributed by atoms with Crippen LogP contribution >= 0.6 is 11.3 Å². The van der Waals surface area contributed by atoms with Gasteiger partial charge in [0.1, 0.15) is 6.61 Å². The molecule has 0 N–H and O–H groups in total. The zero-order valence-electron chi connectivity index (χ0n) is 14.5. The molecule has 1 aliphatic heterocycles. The molecule has 3 heterocycles. The van der Waals surface area contributed by atoms with Gasteiger partial charge in [-0.25, -0.2) is 8.42 Å². The number of hydrogen-bond acceptors (Lipinski definition) is 8. The van der Waals surface area contributed by atoms with E-state index < -0.39 is 10.0 Å². The van der Waals surface area contributed by atoms with Crippen LogP contribution in [0.2, 0.25) is 0 Å². The first-order valence-electron chi connectivity index (χ1n) is 7.98. The SMILES string of the molecule is COCc1nc(CCN(C2CN(C(=O)c3cccs3)C2)S(C)(=O)=O)no1. The molecule has 142 valence electrons. The molecule has 9 nitrogen and oxygen atoms in total. The molecule has 0 radical (unpaired) electrons. The molecule has 0 bridgehead atoms. The molecule has 26 heavy (non-hydrogen) atoms. The highest BCUT2D eigenvalue weighted by Gasteiger charge is 2.39. The van der Waals surface area contributed by atoms with E-state index in [1.807, 2.05) is 11.4 Å². The van der Waals surface area contributed by atoms with E-state index in [9.17, 15) is 13.2 Å². The molecule has 0 unspecified atom stereocenters. The summed E-state index contributed by atoms with van der Waals surface area (Å²) in [6.07, 6.45) is 1.50. The van der Waals surface area contributed by atoms with Crippen molar-refractivity contribution in [1.29, 1.82) is 0 Å². The predicted molar refractivity (Wildman–Crippen MR) is 94.3 cm³/mol. The second kappa shape index (κ2) is 7.82. The molecule has 1 aliphatic rings. The Hall–Kier alpha value is -1.82. The summed E-state index contributed by atoms with van der Waals surface area (Å²) in [6.45, 7) is 1.21. The van der Waals surface area contributed by atoms with Gasteiger partial charge >= 0.3 is 0 Å². The van der Waals surface area contributed by atoms with Gasteiger partial charge in [-0.1, -0.05) is 11.2 Å². The van der Waals surface area contributed by atoms with Crippen molar-refractivity contribution < 1.29 is 22.5 Å². The molecule has 1 amide bonds. The smallest absolute Gasteiger partial charge is 0.264 e. The Balaban J connectivity index is 1.58. The lowest BCUT2D eigenvalue weighted by Gasteiger charge is -2.44. The standard InChI is InChI=1S/C15H20N4O5S2/c1-23-10-14-16-13(17-24-14)5-6-19(26(2,21)22)11-8-18(9-11)15(20)12-4-3-7-25-12/h3-4,7,11H,5-6,8-10H2,1-2H3. The number of sulfonamides is 1. The van der Waals surface area contributed by atoms with Crippen molar-refractivity contribution in [2.45, 2.75) is 19.1 Å². The van der Waals surface area contributed by atoms with Crippen molar-refractivity contribution in [1.82, 2.24) is 19.3 Å². The number of amides is 1. The molecule has 3 rings (SSSR count). The van der Waals surface area contributed by atoms with Crippen molar-refractivity contribution in [3.8, 4) is 0 Å². The summed E-state index contributed by atoms with van der Waals surface area (Å²) in [5.74, 6) is 0.716. The number of carbonyl (C=O) groups excluding carboxylic acids is 1. The Labute approximate surface area is 155 Å². The van der Waals surface area contributed by atoms with Crippen molar-refractivity contribution in [2.24, 2.45) is 0 Å². The maximum atomic E-state index is 12.3. The third-order valence-corrected chi connectivity index (χ3v) is 6.24. The fourth-order valence-electron chi connectivity index (χ4n) is 2.76. The first-order chi connectivity index (χ1) is 12.4. The Kier molecular flexibility index (Phi) is 5.70. The van der Waals surface area contributed by atoms with Crippen LogP contribution in [0.25, 0.3) is 0 Å². The van der Waals surface area contributed by atoms with E-state index in [2.05, 4.69) is 10.1 Å². The molecule has 0 saturated carbocycles. The van der Waals surface area contributed by atoms with E-state index in [-0.39, 0.29) is 25.1 Å². The molecule has 0 spiro atoms. The molecule has 0 aromatic carbocycles. The average Bonchev–Trinajstić information content (AvgIpc) is 3.19. The Morgan fingerprint density at radius 3 is 2.88 bits per heavy atom. The minimum Gasteiger partial charge on any atom is -0.375 e. The lowest BCUT2D eigenvalue weighted by molar-refractivity contribution is 0.0459. The van der Waals surface area contributed by atoms with Crippen LogP contribution in [0.4, 0.5) is 0 Å². The number of carbonyl (C=O) groups is 1. The number of nitrogens with zero attached hydrogens (tertiary/aromatic N) is 4. The minimum atomic E-state index is -3.41. The molecule has 0 aliphatic carbocycles. The first-order valence-corrected chi connectivity index (χ1v) is 10.7. The average molecular weight is 400 g/mol. The lowest BCUT2D eigenvalue weighted by Crippen LogP contribution is -2.62. The van der Waals surface area contributed by atoms with E-state index in [4.69, 9.17) is 9.26 Å².